The Bertz CT molecular complexity index is 2430. The molecule has 0 saturated carbocycles. The summed E-state index contributed by atoms with van der Waals surface area (Å²) < 4.78 is 47.5. The number of phenolic OH excluding ortho intramolecular Hbond substituents is 2. The SMILES string of the molecule is CCCCC(CC)COC(=O)Oc1c2c(c(OC(=O)OCC(CC)CCCC)c3c(O)cccc13)=c1c(OC(=O)OCC(CC)CCCC)c3c(O)cccc3c(OC(=O)OCC(CC)CCCC)c1=2. The molecule has 0 aliphatic heterocycles. The van der Waals surface area contributed by atoms with Gasteiger partial charge in [-0.15, -0.1) is 0 Å². The molecule has 0 amide bonds. The largest absolute Gasteiger partial charge is 0.513 e. The van der Waals surface area contributed by atoms with Gasteiger partial charge in [0.05, 0.1) is 37.2 Å². The fourth-order valence-corrected chi connectivity index (χ4v) is 9.00. The number of unbranched alkanes of at least 4 members (excludes halogenated alkanes) is 4. The highest BCUT2D eigenvalue weighted by molar-refractivity contribution is 6.03. The number of ether oxygens (including phenoxy) is 8. The van der Waals surface area contributed by atoms with E-state index < -0.39 is 24.6 Å². The molecule has 4 unspecified atom stereocenters. The van der Waals surface area contributed by atoms with E-state index >= 15 is 0 Å². The van der Waals surface area contributed by atoms with Crippen LogP contribution in [-0.4, -0.2) is 61.3 Å². The molecule has 0 bridgehead atoms. The molecule has 4 aromatic rings. The molecule has 4 atom stereocenters. The molecule has 0 spiro atoms. The minimum atomic E-state index is -1.09. The van der Waals surface area contributed by atoms with Crippen molar-refractivity contribution in [3.63, 3.8) is 0 Å². The van der Waals surface area contributed by atoms with Crippen molar-refractivity contribution in [1.29, 1.82) is 0 Å². The molecule has 0 aromatic heterocycles. The summed E-state index contributed by atoms with van der Waals surface area (Å²) in [7, 11) is 0. The van der Waals surface area contributed by atoms with E-state index in [1.165, 1.54) is 24.3 Å². The van der Waals surface area contributed by atoms with Crippen molar-refractivity contribution in [2.24, 2.45) is 23.7 Å². The van der Waals surface area contributed by atoms with Crippen LogP contribution in [0.1, 0.15) is 158 Å². The summed E-state index contributed by atoms with van der Waals surface area (Å²) in [6, 6.07) is 8.97. The second-order valence-electron chi connectivity index (χ2n) is 18.5. The van der Waals surface area contributed by atoms with E-state index in [0.29, 0.717) is 0 Å². The molecule has 0 saturated heterocycles. The Kier molecular flexibility index (Phi) is 21.6. The monoisotopic (exact) mass is 973 g/mol. The van der Waals surface area contributed by atoms with Gasteiger partial charge in [-0.1, -0.05) is 157 Å². The highest BCUT2D eigenvalue weighted by atomic mass is 16.7. The van der Waals surface area contributed by atoms with Crippen molar-refractivity contribution in [2.75, 3.05) is 26.4 Å². The first-order chi connectivity index (χ1) is 33.9. The maximum absolute atomic E-state index is 13.9. The van der Waals surface area contributed by atoms with Crippen LogP contribution in [0.2, 0.25) is 0 Å². The second kappa shape index (κ2) is 27.5. The molecule has 0 radical (unpaired) electrons. The number of fused-ring (bicyclic) bond motifs is 4. The fourth-order valence-electron chi connectivity index (χ4n) is 9.00. The third kappa shape index (κ3) is 13.7. The van der Waals surface area contributed by atoms with Gasteiger partial charge in [-0.2, -0.15) is 0 Å². The first-order valence-electron chi connectivity index (χ1n) is 25.9. The van der Waals surface area contributed by atoms with Crippen molar-refractivity contribution < 1.29 is 67.3 Å². The van der Waals surface area contributed by atoms with Crippen LogP contribution in [-0.2, 0) is 18.9 Å². The van der Waals surface area contributed by atoms with Gasteiger partial charge in [0.15, 0.2) is 23.0 Å². The van der Waals surface area contributed by atoms with Crippen LogP contribution in [0.3, 0.4) is 0 Å². The molecule has 2 N–H and O–H groups in total. The zero-order chi connectivity index (χ0) is 50.7. The maximum atomic E-state index is 13.9. The van der Waals surface area contributed by atoms with Gasteiger partial charge in [0.2, 0.25) is 0 Å². The number of hydrogen-bond acceptors (Lipinski definition) is 14. The molecule has 384 valence electrons. The van der Waals surface area contributed by atoms with Crippen LogP contribution in [0.15, 0.2) is 36.4 Å². The zero-order valence-electron chi connectivity index (χ0n) is 42.7. The average molecular weight is 973 g/mol. The molecule has 14 heteroatoms. The molecule has 1 aliphatic carbocycles. The van der Waals surface area contributed by atoms with Gasteiger partial charge in [0.25, 0.3) is 0 Å². The Morgan fingerprint density at radius 3 is 0.914 bits per heavy atom. The molecule has 70 heavy (non-hydrogen) atoms. The lowest BCUT2D eigenvalue weighted by Gasteiger charge is -2.23. The third-order valence-corrected chi connectivity index (χ3v) is 13.6. The summed E-state index contributed by atoms with van der Waals surface area (Å²) in [6.07, 6.45) is 9.84. The number of benzene rings is 4. The van der Waals surface area contributed by atoms with E-state index in [0.717, 1.165) is 103 Å². The van der Waals surface area contributed by atoms with Crippen LogP contribution in [0.5, 0.6) is 34.5 Å². The minimum Gasteiger partial charge on any atom is -0.507 e. The van der Waals surface area contributed by atoms with E-state index in [1.807, 2.05) is 27.7 Å². The maximum Gasteiger partial charge on any atom is 0.513 e. The Morgan fingerprint density at radius 1 is 0.400 bits per heavy atom. The molecular weight excluding hydrogens is 897 g/mol. The predicted molar refractivity (Wildman–Crippen MR) is 268 cm³/mol. The number of aromatic hydroxyl groups is 2. The van der Waals surface area contributed by atoms with Crippen molar-refractivity contribution >= 4 is 46.2 Å². The van der Waals surface area contributed by atoms with E-state index in [-0.39, 0.29) is 127 Å². The Morgan fingerprint density at radius 2 is 0.657 bits per heavy atom. The summed E-state index contributed by atoms with van der Waals surface area (Å²) in [5.41, 5.74) is 0. The van der Waals surface area contributed by atoms with Gasteiger partial charge in [-0.05, 0) is 61.5 Å². The average Bonchev–Trinajstić information content (AvgIpc) is 3.34. The van der Waals surface area contributed by atoms with E-state index in [4.69, 9.17) is 37.9 Å². The summed E-state index contributed by atoms with van der Waals surface area (Å²) in [5, 5.41) is 23.8. The molecule has 1 aliphatic rings. The highest BCUT2D eigenvalue weighted by Gasteiger charge is 2.33. The van der Waals surface area contributed by atoms with E-state index in [2.05, 4.69) is 27.7 Å². The lowest BCUT2D eigenvalue weighted by atomic mass is 9.90. The van der Waals surface area contributed by atoms with Gasteiger partial charge < -0.3 is 48.1 Å². The van der Waals surface area contributed by atoms with Crippen LogP contribution in [0, 0.1) is 44.5 Å². The summed E-state index contributed by atoms with van der Waals surface area (Å²) in [5.74, 6) is -1.17. The molecule has 14 nitrogen and oxygen atoms in total. The first kappa shape index (κ1) is 55.0. The normalized spacial score (nSPS) is 13.3. The topological polar surface area (TPSA) is 183 Å². The Hall–Kier alpha value is -5.92. The van der Waals surface area contributed by atoms with Crippen LogP contribution in [0.4, 0.5) is 19.2 Å². The number of phenols is 2. The third-order valence-electron chi connectivity index (χ3n) is 13.6. The van der Waals surface area contributed by atoms with Crippen molar-refractivity contribution in [3.05, 3.63) is 57.3 Å². The lowest BCUT2D eigenvalue weighted by molar-refractivity contribution is 0.0784. The van der Waals surface area contributed by atoms with Crippen LogP contribution in [0.25, 0.3) is 21.5 Å². The summed E-state index contributed by atoms with van der Waals surface area (Å²) in [6.45, 7) is 16.7. The number of hydrogen-bond donors (Lipinski definition) is 2. The lowest BCUT2D eigenvalue weighted by Crippen LogP contribution is -2.21. The Labute approximate surface area is 412 Å². The highest BCUT2D eigenvalue weighted by Crippen LogP contribution is 2.50. The standard InChI is InChI=1S/C56H76O14/c1-9-17-23-35(13-5)31-63-53(59)67-49-39-27-21-29-41(57)43(39)51(69-55(61)65-33-37(15-7)25-19-11-3)47-45(49)46-48(47)52(70-56(62)66-34-38(16-8)26-20-12-4)44-40(28-22-30-42(44)58)50(46)68-54(60)64-32-36(14-6)24-18-10-2/h21-22,27-30,35-38,57-58H,9-20,23-26,31-34H2,1-8H3. The smallest absolute Gasteiger partial charge is 0.507 e. The van der Waals surface area contributed by atoms with Gasteiger partial charge in [-0.25, -0.2) is 19.2 Å². The molecule has 5 rings (SSSR count). The molecular formula is C56H76O14. The van der Waals surface area contributed by atoms with Crippen molar-refractivity contribution in [1.82, 2.24) is 0 Å². The van der Waals surface area contributed by atoms with Crippen molar-refractivity contribution in [3.8, 4) is 34.5 Å². The number of carbonyl (C=O) groups excluding carboxylic acids is 4. The first-order valence-corrected chi connectivity index (χ1v) is 25.9. The molecule has 0 fully saturated rings. The van der Waals surface area contributed by atoms with E-state index in [1.54, 1.807) is 12.1 Å². The second-order valence-corrected chi connectivity index (χ2v) is 18.5. The van der Waals surface area contributed by atoms with Crippen molar-refractivity contribution in [2.45, 2.75) is 158 Å². The minimum absolute atomic E-state index is 0.0160. The number of rotatable bonds is 28. The zero-order valence-corrected chi connectivity index (χ0v) is 42.7. The van der Waals surface area contributed by atoms with Crippen LogP contribution < -0.4 is 18.9 Å². The quantitative estimate of drug-likeness (QED) is 0.0274. The molecule has 4 aromatic carbocycles. The number of carbonyl (C=O) groups is 4. The fraction of sp³-hybridized carbons (Fsp3) is 0.571. The van der Waals surface area contributed by atoms with Crippen LogP contribution >= 0.6 is 0 Å². The van der Waals surface area contributed by atoms with Gasteiger partial charge in [0, 0.05) is 31.6 Å². The van der Waals surface area contributed by atoms with Gasteiger partial charge >= 0.3 is 24.6 Å². The van der Waals surface area contributed by atoms with Gasteiger partial charge in [-0.3, -0.25) is 0 Å². The van der Waals surface area contributed by atoms with Gasteiger partial charge in [0.1, 0.15) is 11.5 Å². The predicted octanol–water partition coefficient (Wildman–Crippen LogP) is 15.2. The summed E-state index contributed by atoms with van der Waals surface area (Å²) in [4.78, 5) is 55.7. The van der Waals surface area contributed by atoms with E-state index in [9.17, 15) is 29.4 Å². The molecule has 0 heterocycles. The Balaban J connectivity index is 1.84. The summed E-state index contributed by atoms with van der Waals surface area (Å²) >= 11 is 0.